The normalized spacial score (nSPS) is 18.1. The second-order valence-corrected chi connectivity index (χ2v) is 4.56. The molecule has 82 valence electrons. The van der Waals surface area contributed by atoms with Crippen molar-refractivity contribution in [3.05, 3.63) is 0 Å². The molecule has 1 aliphatic heterocycles. The third-order valence-corrected chi connectivity index (χ3v) is 3.00. The summed E-state index contributed by atoms with van der Waals surface area (Å²) in [6, 6.07) is 0. The first-order chi connectivity index (χ1) is 6.74. The van der Waals surface area contributed by atoms with Crippen molar-refractivity contribution in [2.45, 2.75) is 19.3 Å². The third-order valence-electron chi connectivity index (χ3n) is 2.61. The summed E-state index contributed by atoms with van der Waals surface area (Å²) < 4.78 is 5.28. The molecule has 1 saturated heterocycles. The fourth-order valence-electron chi connectivity index (χ4n) is 1.69. The van der Waals surface area contributed by atoms with E-state index >= 15 is 0 Å². The highest BCUT2D eigenvalue weighted by atomic mass is 79.9. The SMILES string of the molecule is CN(CC1CCOCC1)C(=O)CCBr. The first-order valence-corrected chi connectivity index (χ1v) is 6.24. The molecule has 1 amide bonds. The zero-order valence-corrected chi connectivity index (χ0v) is 10.3. The molecule has 4 heteroatoms. The minimum absolute atomic E-state index is 0.230. The molecule has 0 aromatic rings. The first kappa shape index (κ1) is 12.0. The number of rotatable bonds is 4. The van der Waals surface area contributed by atoms with Crippen molar-refractivity contribution in [1.29, 1.82) is 0 Å². The van der Waals surface area contributed by atoms with Gasteiger partial charge in [-0.1, -0.05) is 15.9 Å². The van der Waals surface area contributed by atoms with Crippen LogP contribution in [-0.4, -0.2) is 42.9 Å². The summed E-state index contributed by atoms with van der Waals surface area (Å²) in [6.45, 7) is 2.59. The van der Waals surface area contributed by atoms with Crippen molar-refractivity contribution in [2.75, 3.05) is 32.1 Å². The largest absolute Gasteiger partial charge is 0.381 e. The Hall–Kier alpha value is -0.0900. The lowest BCUT2D eigenvalue weighted by Crippen LogP contribution is -2.34. The predicted octanol–water partition coefficient (Wildman–Crippen LogP) is 1.66. The number of hydrogen-bond donors (Lipinski definition) is 0. The van der Waals surface area contributed by atoms with Crippen LogP contribution in [0.5, 0.6) is 0 Å². The van der Waals surface area contributed by atoms with Crippen LogP contribution in [0.2, 0.25) is 0 Å². The Morgan fingerprint density at radius 3 is 2.71 bits per heavy atom. The Labute approximate surface area is 93.9 Å². The van der Waals surface area contributed by atoms with Gasteiger partial charge in [-0.2, -0.15) is 0 Å². The van der Waals surface area contributed by atoms with Crippen LogP contribution in [-0.2, 0) is 9.53 Å². The number of halogens is 1. The van der Waals surface area contributed by atoms with Gasteiger partial charge in [0.05, 0.1) is 0 Å². The monoisotopic (exact) mass is 263 g/mol. The Kier molecular flexibility index (Phi) is 5.48. The summed E-state index contributed by atoms with van der Waals surface area (Å²) in [6.07, 6.45) is 2.78. The molecule has 1 rings (SSSR count). The highest BCUT2D eigenvalue weighted by Crippen LogP contribution is 2.15. The summed E-state index contributed by atoms with van der Waals surface area (Å²) in [5.41, 5.74) is 0. The average molecular weight is 264 g/mol. The molecule has 0 saturated carbocycles. The molecule has 0 aromatic heterocycles. The van der Waals surface area contributed by atoms with Gasteiger partial charge in [0.2, 0.25) is 5.91 Å². The number of nitrogens with zero attached hydrogens (tertiary/aromatic N) is 1. The maximum atomic E-state index is 11.5. The smallest absolute Gasteiger partial charge is 0.223 e. The van der Waals surface area contributed by atoms with Crippen molar-refractivity contribution in [3.63, 3.8) is 0 Å². The van der Waals surface area contributed by atoms with Gasteiger partial charge in [0, 0.05) is 38.6 Å². The summed E-state index contributed by atoms with van der Waals surface area (Å²) >= 11 is 3.28. The number of ether oxygens (including phenoxy) is 1. The summed E-state index contributed by atoms with van der Waals surface area (Å²) in [4.78, 5) is 13.3. The number of carbonyl (C=O) groups excluding carboxylic acids is 1. The van der Waals surface area contributed by atoms with Crippen molar-refractivity contribution in [2.24, 2.45) is 5.92 Å². The molecule has 0 N–H and O–H groups in total. The van der Waals surface area contributed by atoms with E-state index in [-0.39, 0.29) is 5.91 Å². The van der Waals surface area contributed by atoms with Crippen LogP contribution in [0.4, 0.5) is 0 Å². The lowest BCUT2D eigenvalue weighted by molar-refractivity contribution is -0.130. The number of amides is 1. The van der Waals surface area contributed by atoms with Crippen molar-refractivity contribution >= 4 is 21.8 Å². The predicted molar refractivity (Wildman–Crippen MR) is 59.6 cm³/mol. The van der Waals surface area contributed by atoms with E-state index in [1.54, 1.807) is 0 Å². The zero-order chi connectivity index (χ0) is 10.4. The van der Waals surface area contributed by atoms with Crippen molar-refractivity contribution in [3.8, 4) is 0 Å². The minimum Gasteiger partial charge on any atom is -0.381 e. The van der Waals surface area contributed by atoms with Crippen LogP contribution in [0.25, 0.3) is 0 Å². The van der Waals surface area contributed by atoms with E-state index in [4.69, 9.17) is 4.74 Å². The van der Waals surface area contributed by atoms with Gasteiger partial charge in [-0.05, 0) is 18.8 Å². The Morgan fingerprint density at radius 1 is 1.50 bits per heavy atom. The molecule has 0 unspecified atom stereocenters. The molecule has 1 fully saturated rings. The van der Waals surface area contributed by atoms with Gasteiger partial charge in [-0.3, -0.25) is 4.79 Å². The topological polar surface area (TPSA) is 29.5 Å². The number of alkyl halides is 1. The van der Waals surface area contributed by atoms with Crippen LogP contribution in [0.3, 0.4) is 0 Å². The van der Waals surface area contributed by atoms with Crippen LogP contribution in [0.15, 0.2) is 0 Å². The lowest BCUT2D eigenvalue weighted by atomic mass is 10.00. The third kappa shape index (κ3) is 3.96. The summed E-state index contributed by atoms with van der Waals surface area (Å²) in [5.74, 6) is 0.862. The molecule has 0 aliphatic carbocycles. The molecular weight excluding hydrogens is 246 g/mol. The quantitative estimate of drug-likeness (QED) is 0.723. The zero-order valence-electron chi connectivity index (χ0n) is 8.67. The Morgan fingerprint density at radius 2 is 2.14 bits per heavy atom. The van der Waals surface area contributed by atoms with Gasteiger partial charge in [0.25, 0.3) is 0 Å². The van der Waals surface area contributed by atoms with Crippen molar-refractivity contribution in [1.82, 2.24) is 4.90 Å². The molecule has 0 atom stereocenters. The van der Waals surface area contributed by atoms with Gasteiger partial charge in [0.15, 0.2) is 0 Å². The summed E-state index contributed by atoms with van der Waals surface area (Å²) in [5, 5.41) is 0.754. The van der Waals surface area contributed by atoms with Gasteiger partial charge in [-0.25, -0.2) is 0 Å². The Bertz CT molecular complexity index is 181. The van der Waals surface area contributed by atoms with E-state index in [0.717, 1.165) is 37.9 Å². The second-order valence-electron chi connectivity index (χ2n) is 3.77. The van der Waals surface area contributed by atoms with Gasteiger partial charge in [0.1, 0.15) is 0 Å². The van der Waals surface area contributed by atoms with Crippen LogP contribution < -0.4 is 0 Å². The second kappa shape index (κ2) is 6.40. The van der Waals surface area contributed by atoms with E-state index in [1.807, 2.05) is 11.9 Å². The van der Waals surface area contributed by atoms with Crippen LogP contribution in [0, 0.1) is 5.92 Å². The highest BCUT2D eigenvalue weighted by molar-refractivity contribution is 9.09. The van der Waals surface area contributed by atoms with Crippen LogP contribution >= 0.6 is 15.9 Å². The molecule has 1 aliphatic rings. The fraction of sp³-hybridized carbons (Fsp3) is 0.900. The maximum Gasteiger partial charge on any atom is 0.223 e. The summed E-state index contributed by atoms with van der Waals surface area (Å²) in [7, 11) is 1.89. The minimum atomic E-state index is 0.230. The van der Waals surface area contributed by atoms with Crippen LogP contribution in [0.1, 0.15) is 19.3 Å². The van der Waals surface area contributed by atoms with Gasteiger partial charge < -0.3 is 9.64 Å². The molecule has 0 aromatic carbocycles. The van der Waals surface area contributed by atoms with Gasteiger partial charge >= 0.3 is 0 Å². The average Bonchev–Trinajstić information content (AvgIpc) is 2.19. The van der Waals surface area contributed by atoms with Gasteiger partial charge in [-0.15, -0.1) is 0 Å². The van der Waals surface area contributed by atoms with E-state index in [2.05, 4.69) is 15.9 Å². The standard InChI is InChI=1S/C10H18BrNO2/c1-12(10(13)2-5-11)8-9-3-6-14-7-4-9/h9H,2-8H2,1H3. The molecule has 0 spiro atoms. The molecular formula is C10H18BrNO2. The molecule has 0 bridgehead atoms. The molecule has 14 heavy (non-hydrogen) atoms. The maximum absolute atomic E-state index is 11.5. The fourth-order valence-corrected chi connectivity index (χ4v) is 2.03. The van der Waals surface area contributed by atoms with Crippen molar-refractivity contribution < 1.29 is 9.53 Å². The molecule has 1 heterocycles. The van der Waals surface area contributed by atoms with E-state index in [1.165, 1.54) is 0 Å². The number of carbonyl (C=O) groups is 1. The molecule has 3 nitrogen and oxygen atoms in total. The molecule has 0 radical (unpaired) electrons. The lowest BCUT2D eigenvalue weighted by Gasteiger charge is -2.27. The number of hydrogen-bond acceptors (Lipinski definition) is 2. The van der Waals surface area contributed by atoms with E-state index < -0.39 is 0 Å². The van der Waals surface area contributed by atoms with E-state index in [0.29, 0.717) is 12.3 Å². The highest BCUT2D eigenvalue weighted by Gasteiger charge is 2.17. The van der Waals surface area contributed by atoms with E-state index in [9.17, 15) is 4.79 Å². The first-order valence-electron chi connectivity index (χ1n) is 5.11. The Balaban J connectivity index is 2.24.